The molecule has 0 unspecified atom stereocenters. The molecule has 0 bridgehead atoms. The Balaban J connectivity index is 2.68. The van der Waals surface area contributed by atoms with E-state index in [0.717, 1.165) is 11.3 Å². The van der Waals surface area contributed by atoms with Crippen LogP contribution in [0.5, 0.6) is 0 Å². The Morgan fingerprint density at radius 1 is 1.26 bits per heavy atom. The lowest BCUT2D eigenvalue weighted by molar-refractivity contribution is -0.384. The number of nitro benzene ring substituents is 1. The van der Waals surface area contributed by atoms with Crippen molar-refractivity contribution in [1.29, 1.82) is 0 Å². The molecule has 0 atom stereocenters. The van der Waals surface area contributed by atoms with E-state index in [9.17, 15) is 14.9 Å². The topological polar surface area (TPSA) is 63.5 Å². The normalized spacial score (nSPS) is 17.5. The number of nitro groups is 1. The fourth-order valence-electron chi connectivity index (χ4n) is 2.50. The Kier molecular flexibility index (Phi) is 2.70. The Morgan fingerprint density at radius 2 is 1.84 bits per heavy atom. The number of carbonyl (C=O) groups is 1. The molecule has 0 saturated heterocycles. The van der Waals surface area contributed by atoms with Crippen molar-refractivity contribution in [3.63, 3.8) is 0 Å². The molecule has 0 radical (unpaired) electrons. The molecule has 0 spiro atoms. The molecule has 0 aromatic heterocycles. The Morgan fingerprint density at radius 3 is 2.32 bits per heavy atom. The van der Waals surface area contributed by atoms with Crippen LogP contribution in [0.4, 0.5) is 11.4 Å². The summed E-state index contributed by atoms with van der Waals surface area (Å²) in [6, 6.07) is 4.64. The van der Waals surface area contributed by atoms with Crippen molar-refractivity contribution in [1.82, 2.24) is 0 Å². The van der Waals surface area contributed by atoms with E-state index in [4.69, 9.17) is 0 Å². The number of amides is 1. The molecule has 5 nitrogen and oxygen atoms in total. The molecule has 1 aromatic carbocycles. The van der Waals surface area contributed by atoms with Gasteiger partial charge in [0.15, 0.2) is 0 Å². The van der Waals surface area contributed by atoms with Crippen LogP contribution in [0.3, 0.4) is 0 Å². The minimum atomic E-state index is -0.728. The average Bonchev–Trinajstić information content (AvgIpc) is 2.46. The quantitative estimate of drug-likeness (QED) is 0.577. The highest BCUT2D eigenvalue weighted by atomic mass is 16.6. The van der Waals surface area contributed by atoms with Crippen molar-refractivity contribution in [3.8, 4) is 0 Å². The monoisotopic (exact) mass is 262 g/mol. The van der Waals surface area contributed by atoms with Crippen LogP contribution in [0, 0.1) is 10.1 Å². The number of carbonyl (C=O) groups excluding carboxylic acids is 1. The highest BCUT2D eigenvalue weighted by Gasteiger charge is 2.48. The van der Waals surface area contributed by atoms with Crippen LogP contribution in [-0.4, -0.2) is 16.4 Å². The average molecular weight is 262 g/mol. The van der Waals surface area contributed by atoms with Gasteiger partial charge in [0, 0.05) is 23.4 Å². The molecule has 102 valence electrons. The summed E-state index contributed by atoms with van der Waals surface area (Å²) >= 11 is 0. The van der Waals surface area contributed by atoms with Crippen LogP contribution in [0.1, 0.15) is 40.2 Å². The van der Waals surface area contributed by atoms with E-state index in [-0.39, 0.29) is 17.1 Å². The van der Waals surface area contributed by atoms with Crippen molar-refractivity contribution >= 4 is 17.3 Å². The summed E-state index contributed by atoms with van der Waals surface area (Å²) in [6.07, 6.45) is 0. The third kappa shape index (κ3) is 1.89. The Bertz CT molecular complexity index is 571. The molecule has 1 aromatic rings. The first-order valence-electron chi connectivity index (χ1n) is 6.20. The second-order valence-corrected chi connectivity index (χ2v) is 6.39. The van der Waals surface area contributed by atoms with Crippen molar-refractivity contribution in [2.45, 2.75) is 45.6 Å². The fraction of sp³-hybridized carbons (Fsp3) is 0.500. The zero-order valence-electron chi connectivity index (χ0n) is 11.9. The van der Waals surface area contributed by atoms with E-state index < -0.39 is 10.3 Å². The molecule has 1 heterocycles. The summed E-state index contributed by atoms with van der Waals surface area (Å²) in [5.74, 6) is -0.0181. The van der Waals surface area contributed by atoms with Crippen molar-refractivity contribution in [2.75, 3.05) is 4.90 Å². The van der Waals surface area contributed by atoms with Crippen LogP contribution in [0.25, 0.3) is 0 Å². The number of rotatable bonds is 1. The van der Waals surface area contributed by atoms with Crippen LogP contribution in [-0.2, 0) is 10.2 Å². The molecule has 1 aliphatic heterocycles. The molecular formula is C14H18N2O3. The van der Waals surface area contributed by atoms with Crippen LogP contribution in [0.15, 0.2) is 18.2 Å². The van der Waals surface area contributed by atoms with E-state index in [1.165, 1.54) is 12.1 Å². The molecule has 0 fully saturated rings. The van der Waals surface area contributed by atoms with E-state index in [1.807, 2.05) is 34.6 Å². The summed E-state index contributed by atoms with van der Waals surface area (Å²) in [5, 5.41) is 10.9. The number of anilines is 1. The molecule has 0 N–H and O–H groups in total. The maximum atomic E-state index is 12.6. The molecular weight excluding hydrogens is 244 g/mol. The largest absolute Gasteiger partial charge is 0.306 e. The molecule has 1 amide bonds. The highest BCUT2D eigenvalue weighted by molar-refractivity contribution is 6.08. The number of nitrogens with zero attached hydrogens (tertiary/aromatic N) is 2. The van der Waals surface area contributed by atoms with Crippen LogP contribution < -0.4 is 4.90 Å². The SMILES string of the molecule is CC1(C)C(=O)N(C(C)(C)C)c2ccc([N+](=O)[O-])cc21. The van der Waals surface area contributed by atoms with E-state index in [2.05, 4.69) is 0 Å². The summed E-state index contributed by atoms with van der Waals surface area (Å²) in [5.41, 5.74) is 0.440. The van der Waals surface area contributed by atoms with Gasteiger partial charge in [0.2, 0.25) is 5.91 Å². The molecule has 5 heteroatoms. The fourth-order valence-corrected chi connectivity index (χ4v) is 2.50. The van der Waals surface area contributed by atoms with Gasteiger partial charge in [0.05, 0.1) is 10.3 Å². The van der Waals surface area contributed by atoms with E-state index in [0.29, 0.717) is 0 Å². The predicted octanol–water partition coefficient (Wildman–Crippen LogP) is 3.02. The second-order valence-electron chi connectivity index (χ2n) is 6.39. The Hall–Kier alpha value is -1.91. The van der Waals surface area contributed by atoms with Gasteiger partial charge in [-0.1, -0.05) is 0 Å². The van der Waals surface area contributed by atoms with E-state index in [1.54, 1.807) is 11.0 Å². The van der Waals surface area contributed by atoms with Crippen molar-refractivity contribution < 1.29 is 9.72 Å². The molecule has 0 aliphatic carbocycles. The van der Waals surface area contributed by atoms with Crippen LogP contribution >= 0.6 is 0 Å². The minimum Gasteiger partial charge on any atom is -0.306 e. The van der Waals surface area contributed by atoms with Crippen molar-refractivity contribution in [2.24, 2.45) is 0 Å². The number of fused-ring (bicyclic) bond motifs is 1. The maximum Gasteiger partial charge on any atom is 0.269 e. The zero-order chi connectivity index (χ0) is 14.6. The third-order valence-corrected chi connectivity index (χ3v) is 3.51. The van der Waals surface area contributed by atoms with Gasteiger partial charge in [-0.05, 0) is 46.2 Å². The lowest BCUT2D eigenvalue weighted by Gasteiger charge is -2.33. The third-order valence-electron chi connectivity index (χ3n) is 3.51. The molecule has 0 saturated carbocycles. The molecule has 1 aliphatic rings. The van der Waals surface area contributed by atoms with Crippen molar-refractivity contribution in [3.05, 3.63) is 33.9 Å². The van der Waals surface area contributed by atoms with Gasteiger partial charge in [-0.2, -0.15) is 0 Å². The number of hydrogen-bond acceptors (Lipinski definition) is 3. The smallest absolute Gasteiger partial charge is 0.269 e. The Labute approximate surface area is 112 Å². The van der Waals surface area contributed by atoms with E-state index >= 15 is 0 Å². The van der Waals surface area contributed by atoms with Gasteiger partial charge in [-0.25, -0.2) is 0 Å². The number of benzene rings is 1. The first kappa shape index (κ1) is 13.5. The number of hydrogen-bond donors (Lipinski definition) is 0. The summed E-state index contributed by atoms with van der Waals surface area (Å²) in [4.78, 5) is 24.7. The predicted molar refractivity (Wildman–Crippen MR) is 73.4 cm³/mol. The zero-order valence-corrected chi connectivity index (χ0v) is 11.9. The minimum absolute atomic E-state index is 0.0181. The first-order valence-corrected chi connectivity index (χ1v) is 6.20. The van der Waals surface area contributed by atoms with Crippen LogP contribution in [0.2, 0.25) is 0 Å². The highest BCUT2D eigenvalue weighted by Crippen LogP contribution is 2.45. The van der Waals surface area contributed by atoms with Gasteiger partial charge in [0.1, 0.15) is 0 Å². The summed E-state index contributed by atoms with van der Waals surface area (Å²) in [6.45, 7) is 9.49. The lowest BCUT2D eigenvalue weighted by Crippen LogP contribution is -2.47. The van der Waals surface area contributed by atoms with Gasteiger partial charge in [-0.3, -0.25) is 14.9 Å². The maximum absolute atomic E-state index is 12.6. The number of non-ortho nitro benzene ring substituents is 1. The lowest BCUT2D eigenvalue weighted by atomic mass is 9.86. The van der Waals surface area contributed by atoms with Gasteiger partial charge in [0.25, 0.3) is 5.69 Å². The molecule has 2 rings (SSSR count). The van der Waals surface area contributed by atoms with Gasteiger partial charge in [-0.15, -0.1) is 0 Å². The standard InChI is InChI=1S/C14H18N2O3/c1-13(2,3)15-11-7-6-9(16(18)19)8-10(11)14(4,5)12(15)17/h6-8H,1-5H3. The van der Waals surface area contributed by atoms with Gasteiger partial charge < -0.3 is 4.90 Å². The summed E-state index contributed by atoms with van der Waals surface area (Å²) < 4.78 is 0. The first-order chi connectivity index (χ1) is 8.56. The summed E-state index contributed by atoms with van der Waals surface area (Å²) in [7, 11) is 0. The van der Waals surface area contributed by atoms with Gasteiger partial charge >= 0.3 is 0 Å². The molecule has 19 heavy (non-hydrogen) atoms. The second kappa shape index (κ2) is 3.79.